The van der Waals surface area contributed by atoms with E-state index in [0.717, 1.165) is 11.8 Å². The summed E-state index contributed by atoms with van der Waals surface area (Å²) in [6.07, 6.45) is -0.0507. The summed E-state index contributed by atoms with van der Waals surface area (Å²) in [5.74, 6) is -0.914. The Balaban J connectivity index is 2.50. The van der Waals surface area contributed by atoms with Crippen molar-refractivity contribution in [2.75, 3.05) is 6.26 Å². The predicted octanol–water partition coefficient (Wildman–Crippen LogP) is 3.67. The lowest BCUT2D eigenvalue weighted by molar-refractivity contribution is -0.142. The number of rotatable bonds is 8. The summed E-state index contributed by atoms with van der Waals surface area (Å²) >= 11 is 0. The molecule has 2 aromatic rings. The van der Waals surface area contributed by atoms with E-state index in [-0.39, 0.29) is 12.4 Å². The molecular weight excluding hydrogens is 446 g/mol. The normalized spacial score (nSPS) is 13.8. The van der Waals surface area contributed by atoms with Crippen molar-refractivity contribution in [1.29, 1.82) is 0 Å². The number of nitrogens with two attached hydrogens (primary N) is 1. The minimum atomic E-state index is -3.84. The molecule has 0 aromatic heterocycles. The highest BCUT2D eigenvalue weighted by Gasteiger charge is 2.34. The van der Waals surface area contributed by atoms with E-state index in [1.54, 1.807) is 37.3 Å². The summed E-state index contributed by atoms with van der Waals surface area (Å²) in [6.45, 7) is 8.47. The van der Waals surface area contributed by atoms with E-state index >= 15 is 0 Å². The first kappa shape index (κ1) is 26.5. The van der Waals surface area contributed by atoms with Crippen LogP contribution in [0.1, 0.15) is 60.8 Å². The molecule has 0 fully saturated rings. The van der Waals surface area contributed by atoms with Gasteiger partial charge in [0.05, 0.1) is 11.8 Å². The molecule has 2 aromatic carbocycles. The molecule has 0 bridgehead atoms. The van der Waals surface area contributed by atoms with E-state index in [4.69, 9.17) is 19.4 Å². The zero-order valence-corrected chi connectivity index (χ0v) is 20.6. The predicted molar refractivity (Wildman–Crippen MR) is 124 cm³/mol. The van der Waals surface area contributed by atoms with E-state index in [1.807, 2.05) is 26.8 Å². The van der Waals surface area contributed by atoms with Crippen LogP contribution in [0.2, 0.25) is 0 Å². The van der Waals surface area contributed by atoms with Crippen molar-refractivity contribution in [3.8, 4) is 5.75 Å². The van der Waals surface area contributed by atoms with Crippen LogP contribution in [0, 0.1) is 12.3 Å². The Kier molecular flexibility index (Phi) is 8.40. The number of carbonyl (C=O) groups is 2. The number of hydrogen-bond acceptors (Lipinski definition) is 8. The maximum absolute atomic E-state index is 12.7. The molecule has 9 heteroatoms. The van der Waals surface area contributed by atoms with E-state index < -0.39 is 39.6 Å². The van der Waals surface area contributed by atoms with Crippen molar-refractivity contribution in [3.63, 3.8) is 0 Å². The van der Waals surface area contributed by atoms with E-state index in [9.17, 15) is 18.0 Å². The second-order valence-electron chi connectivity index (χ2n) is 8.96. The van der Waals surface area contributed by atoms with Gasteiger partial charge in [0.15, 0.2) is 0 Å². The number of esters is 2. The highest BCUT2D eigenvalue weighted by Crippen LogP contribution is 2.35. The van der Waals surface area contributed by atoms with Crippen LogP contribution in [0.4, 0.5) is 0 Å². The van der Waals surface area contributed by atoms with Gasteiger partial charge in [0.1, 0.15) is 18.5 Å². The van der Waals surface area contributed by atoms with Gasteiger partial charge in [0.25, 0.3) is 10.1 Å². The molecule has 180 valence electrons. The fourth-order valence-corrected chi connectivity index (χ4v) is 3.70. The largest absolute Gasteiger partial charge is 0.461 e. The third-order valence-corrected chi connectivity index (χ3v) is 5.57. The van der Waals surface area contributed by atoms with Gasteiger partial charge >= 0.3 is 11.9 Å². The second kappa shape index (κ2) is 10.5. The lowest BCUT2D eigenvalue weighted by Crippen LogP contribution is -2.42. The summed E-state index contributed by atoms with van der Waals surface area (Å²) in [6, 6.07) is 11.0. The van der Waals surface area contributed by atoms with Crippen molar-refractivity contribution < 1.29 is 31.7 Å². The topological polar surface area (TPSA) is 122 Å². The fourth-order valence-electron chi connectivity index (χ4n) is 3.09. The zero-order chi connectivity index (χ0) is 25.0. The summed E-state index contributed by atoms with van der Waals surface area (Å²) in [7, 11) is -3.84. The van der Waals surface area contributed by atoms with Crippen molar-refractivity contribution in [2.45, 2.75) is 53.4 Å². The molecule has 2 N–H and O–H groups in total. The van der Waals surface area contributed by atoms with Gasteiger partial charge in [-0.15, -0.1) is 0 Å². The first-order valence-corrected chi connectivity index (χ1v) is 12.2. The second-order valence-corrected chi connectivity index (χ2v) is 10.6. The van der Waals surface area contributed by atoms with Crippen molar-refractivity contribution in [1.82, 2.24) is 0 Å². The van der Waals surface area contributed by atoms with Crippen molar-refractivity contribution >= 4 is 22.1 Å². The maximum atomic E-state index is 12.7. The molecule has 8 nitrogen and oxygen atoms in total. The maximum Gasteiger partial charge on any atom is 0.343 e. The lowest BCUT2D eigenvalue weighted by atomic mass is 9.81. The average molecular weight is 478 g/mol. The van der Waals surface area contributed by atoms with Crippen LogP contribution in [-0.2, 0) is 30.4 Å². The SMILES string of the molecule is CC(=O)OCc1cc(C(OS(C)(=O)=O)C(N)C(C)(C)C)ccc1OC(=O)c1ccccc1C. The first-order valence-electron chi connectivity index (χ1n) is 10.4. The Morgan fingerprint density at radius 3 is 2.27 bits per heavy atom. The monoisotopic (exact) mass is 477 g/mol. The molecule has 0 amide bonds. The number of carbonyl (C=O) groups excluding carboxylic acids is 2. The number of hydrogen-bond donors (Lipinski definition) is 1. The molecule has 0 spiro atoms. The molecule has 2 rings (SSSR count). The van der Waals surface area contributed by atoms with Crippen LogP contribution in [0.25, 0.3) is 0 Å². The van der Waals surface area contributed by atoms with Crippen LogP contribution in [0.15, 0.2) is 42.5 Å². The summed E-state index contributed by atoms with van der Waals surface area (Å²) in [5, 5.41) is 0. The fraction of sp³-hybridized carbons (Fsp3) is 0.417. The summed E-state index contributed by atoms with van der Waals surface area (Å²) in [4.78, 5) is 24.1. The molecular formula is C24H31NO7S. The first-order chi connectivity index (χ1) is 15.2. The van der Waals surface area contributed by atoms with Gasteiger partial charge in [-0.3, -0.25) is 8.98 Å². The summed E-state index contributed by atoms with van der Waals surface area (Å²) < 4.78 is 39.9. The number of ether oxygens (including phenoxy) is 2. The van der Waals surface area contributed by atoms with Gasteiger partial charge in [-0.2, -0.15) is 8.42 Å². The molecule has 0 saturated carbocycles. The van der Waals surface area contributed by atoms with Gasteiger partial charge in [-0.05, 0) is 41.7 Å². The standard InChI is InChI=1S/C24H31NO7S/c1-15-9-7-8-10-19(15)23(27)31-20-12-11-17(13-18(20)14-30-16(2)26)21(32-33(6,28)29)22(25)24(3,4)5/h7-13,21-22H,14,25H2,1-6H3. The van der Waals surface area contributed by atoms with Gasteiger partial charge in [0, 0.05) is 18.5 Å². The van der Waals surface area contributed by atoms with E-state index in [2.05, 4.69) is 0 Å². The average Bonchev–Trinajstić information content (AvgIpc) is 2.69. The van der Waals surface area contributed by atoms with Crippen LogP contribution in [0.5, 0.6) is 5.75 Å². The highest BCUT2D eigenvalue weighted by molar-refractivity contribution is 7.86. The molecule has 0 heterocycles. The van der Waals surface area contributed by atoms with Crippen molar-refractivity contribution in [3.05, 3.63) is 64.7 Å². The molecule has 33 heavy (non-hydrogen) atoms. The number of aryl methyl sites for hydroxylation is 1. The molecule has 0 saturated heterocycles. The molecule has 2 atom stereocenters. The summed E-state index contributed by atoms with van der Waals surface area (Å²) in [5.41, 5.74) is 7.83. The Labute approximate surface area is 195 Å². The van der Waals surface area contributed by atoms with Gasteiger partial charge in [-0.1, -0.05) is 45.0 Å². The highest BCUT2D eigenvalue weighted by atomic mass is 32.2. The van der Waals surface area contributed by atoms with Crippen LogP contribution in [-0.4, -0.2) is 32.7 Å². The minimum absolute atomic E-state index is 0.177. The van der Waals surface area contributed by atoms with Crippen LogP contribution >= 0.6 is 0 Å². The third-order valence-electron chi connectivity index (χ3n) is 5.02. The van der Waals surface area contributed by atoms with E-state index in [0.29, 0.717) is 16.7 Å². The molecule has 0 aliphatic rings. The Hall–Kier alpha value is -2.75. The third kappa shape index (κ3) is 7.66. The van der Waals surface area contributed by atoms with Crippen LogP contribution in [0.3, 0.4) is 0 Å². The smallest absolute Gasteiger partial charge is 0.343 e. The Bertz CT molecular complexity index is 1120. The van der Waals surface area contributed by atoms with Crippen LogP contribution < -0.4 is 10.5 Å². The lowest BCUT2D eigenvalue weighted by Gasteiger charge is -2.33. The van der Waals surface area contributed by atoms with Gasteiger partial charge in [-0.25, -0.2) is 4.79 Å². The van der Waals surface area contributed by atoms with Crippen molar-refractivity contribution in [2.24, 2.45) is 11.1 Å². The quantitative estimate of drug-likeness (QED) is 0.347. The van der Waals surface area contributed by atoms with Gasteiger partial charge in [0.2, 0.25) is 0 Å². The van der Waals surface area contributed by atoms with E-state index in [1.165, 1.54) is 13.0 Å². The number of benzene rings is 2. The Morgan fingerprint density at radius 1 is 1.09 bits per heavy atom. The van der Waals surface area contributed by atoms with Gasteiger partial charge < -0.3 is 15.2 Å². The minimum Gasteiger partial charge on any atom is -0.461 e. The Morgan fingerprint density at radius 2 is 1.73 bits per heavy atom. The molecule has 2 unspecified atom stereocenters. The molecule has 0 aliphatic heterocycles. The zero-order valence-electron chi connectivity index (χ0n) is 19.7. The molecule has 0 radical (unpaired) electrons. The molecule has 0 aliphatic carbocycles.